The molecule has 0 atom stereocenters. The van der Waals surface area contributed by atoms with Crippen LogP contribution in [0.15, 0.2) is 59.4 Å². The smallest absolute Gasteiger partial charge is 0.261 e. The van der Waals surface area contributed by atoms with Crippen LogP contribution in [0.25, 0.3) is 10.9 Å². The third kappa shape index (κ3) is 5.56. The molecule has 2 heterocycles. The summed E-state index contributed by atoms with van der Waals surface area (Å²) >= 11 is 0. The van der Waals surface area contributed by atoms with Crippen molar-refractivity contribution < 1.29 is 18.9 Å². The lowest BCUT2D eigenvalue weighted by molar-refractivity contribution is 0.252. The van der Waals surface area contributed by atoms with Gasteiger partial charge in [0, 0.05) is 32.6 Å². The molecule has 3 aromatic carbocycles. The molecule has 0 aliphatic carbocycles. The number of hydrogen-bond acceptors (Lipinski definition) is 7. The molecule has 8 heteroatoms. The molecule has 0 radical (unpaired) electrons. The first kappa shape index (κ1) is 26.6. The Labute approximate surface area is 228 Å². The molecule has 1 aliphatic heterocycles. The number of nitrogens with zero attached hydrogens (tertiary/aromatic N) is 3. The number of aryl methyl sites for hydroxylation is 1. The summed E-state index contributed by atoms with van der Waals surface area (Å²) in [5, 5.41) is 0.640. The zero-order valence-corrected chi connectivity index (χ0v) is 23.0. The molecule has 0 unspecified atom stereocenters. The highest BCUT2D eigenvalue weighted by Crippen LogP contribution is 2.33. The van der Waals surface area contributed by atoms with Crippen molar-refractivity contribution >= 4 is 10.9 Å². The fourth-order valence-corrected chi connectivity index (χ4v) is 5.30. The largest absolute Gasteiger partial charge is 0.493 e. The van der Waals surface area contributed by atoms with Gasteiger partial charge in [0.1, 0.15) is 5.82 Å². The normalized spacial score (nSPS) is 13.2. The van der Waals surface area contributed by atoms with Crippen LogP contribution >= 0.6 is 0 Å². The molecular weight excluding hydrogens is 494 g/mol. The van der Waals surface area contributed by atoms with Gasteiger partial charge in [-0.25, -0.2) is 4.98 Å². The minimum atomic E-state index is -0.00287. The van der Waals surface area contributed by atoms with Crippen LogP contribution < -0.4 is 24.5 Å². The van der Waals surface area contributed by atoms with Gasteiger partial charge in [-0.3, -0.25) is 14.3 Å². The second-order valence-corrected chi connectivity index (χ2v) is 9.69. The number of ether oxygens (including phenoxy) is 4. The summed E-state index contributed by atoms with van der Waals surface area (Å²) in [6.45, 7) is 3.08. The lowest BCUT2D eigenvalue weighted by Crippen LogP contribution is -2.34. The van der Waals surface area contributed by atoms with E-state index in [0.29, 0.717) is 36.3 Å². The van der Waals surface area contributed by atoms with Gasteiger partial charge in [0.15, 0.2) is 23.0 Å². The van der Waals surface area contributed by atoms with Crippen molar-refractivity contribution in [2.24, 2.45) is 0 Å². The molecule has 0 saturated carbocycles. The predicted octanol–water partition coefficient (Wildman–Crippen LogP) is 4.27. The maximum absolute atomic E-state index is 13.6. The molecule has 1 aliphatic rings. The van der Waals surface area contributed by atoms with Crippen molar-refractivity contribution in [3.8, 4) is 23.0 Å². The van der Waals surface area contributed by atoms with Gasteiger partial charge < -0.3 is 18.9 Å². The summed E-state index contributed by atoms with van der Waals surface area (Å²) in [5.74, 6) is 3.68. The SMILES string of the molecule is COc1ccc(CCn2c(CCN3CCc4cc(OC)c(OC)cc4C3)nc3ccccc3c2=O)cc1OC. The van der Waals surface area contributed by atoms with Crippen LogP contribution in [0.1, 0.15) is 22.5 Å². The average molecular weight is 530 g/mol. The van der Waals surface area contributed by atoms with Crippen molar-refractivity contribution in [2.45, 2.75) is 32.4 Å². The Hall–Kier alpha value is -4.04. The van der Waals surface area contributed by atoms with E-state index in [-0.39, 0.29) is 5.56 Å². The highest BCUT2D eigenvalue weighted by molar-refractivity contribution is 5.77. The second kappa shape index (κ2) is 11.8. The van der Waals surface area contributed by atoms with Crippen LogP contribution in [0.5, 0.6) is 23.0 Å². The summed E-state index contributed by atoms with van der Waals surface area (Å²) in [6.07, 6.45) is 2.29. The molecule has 204 valence electrons. The summed E-state index contributed by atoms with van der Waals surface area (Å²) in [5.41, 5.74) is 4.34. The Balaban J connectivity index is 1.37. The van der Waals surface area contributed by atoms with Gasteiger partial charge in [-0.15, -0.1) is 0 Å². The van der Waals surface area contributed by atoms with Gasteiger partial charge >= 0.3 is 0 Å². The Bertz CT molecular complexity index is 1530. The van der Waals surface area contributed by atoms with Gasteiger partial charge in [0.25, 0.3) is 5.56 Å². The first-order chi connectivity index (χ1) is 19.0. The molecule has 4 aromatic rings. The molecule has 0 amide bonds. The number of fused-ring (bicyclic) bond motifs is 2. The van der Waals surface area contributed by atoms with E-state index in [4.69, 9.17) is 23.9 Å². The number of hydrogen-bond donors (Lipinski definition) is 0. The maximum Gasteiger partial charge on any atom is 0.261 e. The van der Waals surface area contributed by atoms with E-state index < -0.39 is 0 Å². The Morgan fingerprint density at radius 1 is 0.769 bits per heavy atom. The molecule has 0 fully saturated rings. The van der Waals surface area contributed by atoms with Gasteiger partial charge in [0.2, 0.25) is 0 Å². The highest BCUT2D eigenvalue weighted by Gasteiger charge is 2.20. The zero-order chi connectivity index (χ0) is 27.4. The topological polar surface area (TPSA) is 75.0 Å². The van der Waals surface area contributed by atoms with E-state index in [0.717, 1.165) is 54.5 Å². The molecule has 8 nitrogen and oxygen atoms in total. The quantitative estimate of drug-likeness (QED) is 0.304. The van der Waals surface area contributed by atoms with E-state index in [1.807, 2.05) is 47.0 Å². The Morgan fingerprint density at radius 2 is 1.46 bits per heavy atom. The summed E-state index contributed by atoms with van der Waals surface area (Å²) in [4.78, 5) is 20.9. The van der Waals surface area contributed by atoms with E-state index in [2.05, 4.69) is 17.0 Å². The molecule has 0 bridgehead atoms. The Kier molecular flexibility index (Phi) is 8.02. The monoisotopic (exact) mass is 529 g/mol. The van der Waals surface area contributed by atoms with Crippen LogP contribution in [-0.4, -0.2) is 56.0 Å². The lowest BCUT2D eigenvalue weighted by Gasteiger charge is -2.29. The van der Waals surface area contributed by atoms with Crippen LogP contribution in [0.3, 0.4) is 0 Å². The first-order valence-electron chi connectivity index (χ1n) is 13.2. The summed E-state index contributed by atoms with van der Waals surface area (Å²) < 4.78 is 23.7. The van der Waals surface area contributed by atoms with Crippen molar-refractivity contribution in [3.05, 3.63) is 87.5 Å². The minimum Gasteiger partial charge on any atom is -0.493 e. The third-order valence-corrected chi connectivity index (χ3v) is 7.46. The minimum absolute atomic E-state index is 0.00287. The fraction of sp³-hybridized carbons (Fsp3) is 0.355. The molecule has 0 saturated heterocycles. The average Bonchev–Trinajstić information content (AvgIpc) is 2.98. The molecular formula is C31H35N3O5. The second-order valence-electron chi connectivity index (χ2n) is 9.69. The summed E-state index contributed by atoms with van der Waals surface area (Å²) in [6, 6.07) is 17.6. The molecule has 39 heavy (non-hydrogen) atoms. The fourth-order valence-electron chi connectivity index (χ4n) is 5.30. The number of benzene rings is 3. The highest BCUT2D eigenvalue weighted by atomic mass is 16.5. The zero-order valence-electron chi connectivity index (χ0n) is 23.0. The molecule has 0 N–H and O–H groups in total. The molecule has 1 aromatic heterocycles. The van der Waals surface area contributed by atoms with Gasteiger partial charge in [-0.2, -0.15) is 0 Å². The van der Waals surface area contributed by atoms with Crippen molar-refractivity contribution in [3.63, 3.8) is 0 Å². The van der Waals surface area contributed by atoms with E-state index in [9.17, 15) is 4.79 Å². The van der Waals surface area contributed by atoms with Crippen LogP contribution in [0.4, 0.5) is 0 Å². The van der Waals surface area contributed by atoms with Crippen LogP contribution in [-0.2, 0) is 32.4 Å². The van der Waals surface area contributed by atoms with Crippen molar-refractivity contribution in [1.82, 2.24) is 14.5 Å². The standard InChI is InChI=1S/C31H35N3O5/c1-36-26-10-9-21(17-27(26)37-2)11-16-34-30(32-25-8-6-5-7-24(25)31(34)35)13-15-33-14-12-22-18-28(38-3)29(39-4)19-23(22)20-33/h5-10,17-19H,11-16,20H2,1-4H3. The first-order valence-corrected chi connectivity index (χ1v) is 13.2. The van der Waals surface area contributed by atoms with E-state index in [1.165, 1.54) is 11.1 Å². The lowest BCUT2D eigenvalue weighted by atomic mass is 9.98. The van der Waals surface area contributed by atoms with Crippen LogP contribution in [0, 0.1) is 0 Å². The number of aromatic nitrogens is 2. The number of para-hydroxylation sites is 1. The molecule has 5 rings (SSSR count). The number of methoxy groups -OCH3 is 4. The predicted molar refractivity (Wildman–Crippen MR) is 151 cm³/mol. The number of rotatable bonds is 10. The third-order valence-electron chi connectivity index (χ3n) is 7.46. The summed E-state index contributed by atoms with van der Waals surface area (Å²) in [7, 11) is 6.58. The molecule has 0 spiro atoms. The van der Waals surface area contributed by atoms with Crippen LogP contribution in [0.2, 0.25) is 0 Å². The van der Waals surface area contributed by atoms with E-state index in [1.54, 1.807) is 28.4 Å². The van der Waals surface area contributed by atoms with E-state index >= 15 is 0 Å². The maximum atomic E-state index is 13.6. The van der Waals surface area contributed by atoms with Gasteiger partial charge in [-0.1, -0.05) is 18.2 Å². The Morgan fingerprint density at radius 3 is 2.21 bits per heavy atom. The van der Waals surface area contributed by atoms with Crippen molar-refractivity contribution in [1.29, 1.82) is 0 Å². The van der Waals surface area contributed by atoms with Gasteiger partial charge in [0.05, 0.1) is 39.3 Å². The van der Waals surface area contributed by atoms with Crippen molar-refractivity contribution in [2.75, 3.05) is 41.5 Å². The van der Waals surface area contributed by atoms with Gasteiger partial charge in [-0.05, 0) is 65.9 Å².